The number of nitrogens with zero attached hydrogens (tertiary/aromatic N) is 1. The number of carbonyl (C=O) groups is 3. The van der Waals surface area contributed by atoms with Gasteiger partial charge >= 0.3 is 24.0 Å². The molecule has 0 spiro atoms. The SMILES string of the molecule is O=C(Nc1c(Br)cc(C(F)(C(F)(F)F)C(F)(F)F)cc1I)c1cccc(N(OC(=O)C2CC2)C(=O)c2ccc(F)cc2)c1F. The number of nitrogens with one attached hydrogen (secondary N) is 1. The van der Waals surface area contributed by atoms with Gasteiger partial charge < -0.3 is 10.2 Å². The highest BCUT2D eigenvalue weighted by Crippen LogP contribution is 2.54. The molecule has 1 fully saturated rings. The average molecular weight is 809 g/mol. The van der Waals surface area contributed by atoms with Crippen LogP contribution in [0, 0.1) is 21.1 Å². The van der Waals surface area contributed by atoms with Crippen LogP contribution < -0.4 is 10.4 Å². The van der Waals surface area contributed by atoms with Crippen molar-refractivity contribution < 1.29 is 58.7 Å². The third kappa shape index (κ3) is 6.52. The van der Waals surface area contributed by atoms with Crippen LogP contribution in [-0.4, -0.2) is 30.1 Å². The van der Waals surface area contributed by atoms with E-state index in [4.69, 9.17) is 4.84 Å². The van der Waals surface area contributed by atoms with Crippen LogP contribution in [0.15, 0.2) is 59.1 Å². The van der Waals surface area contributed by atoms with E-state index in [1.165, 1.54) is 22.6 Å². The van der Waals surface area contributed by atoms with Crippen LogP contribution in [0.2, 0.25) is 0 Å². The molecular formula is C27H15BrF9IN2O4. The molecule has 1 N–H and O–H groups in total. The molecule has 1 aliphatic rings. The van der Waals surface area contributed by atoms with Crippen LogP contribution in [0.1, 0.15) is 39.1 Å². The lowest BCUT2D eigenvalue weighted by atomic mass is 9.94. The van der Waals surface area contributed by atoms with Gasteiger partial charge in [-0.3, -0.25) is 9.59 Å². The number of rotatable bonds is 6. The lowest BCUT2D eigenvalue weighted by molar-refractivity contribution is -0.348. The maximum Gasteiger partial charge on any atom is 0.435 e. The number of benzene rings is 3. The minimum atomic E-state index is -6.39. The zero-order valence-corrected chi connectivity index (χ0v) is 25.2. The lowest BCUT2D eigenvalue weighted by Crippen LogP contribution is -2.50. The molecule has 3 aromatic rings. The van der Waals surface area contributed by atoms with Gasteiger partial charge in [0, 0.05) is 19.2 Å². The molecule has 3 aromatic carbocycles. The molecule has 0 atom stereocenters. The van der Waals surface area contributed by atoms with E-state index in [0.29, 0.717) is 12.8 Å². The maximum atomic E-state index is 15.7. The number of amides is 2. The van der Waals surface area contributed by atoms with Crippen LogP contribution >= 0.6 is 38.5 Å². The zero-order chi connectivity index (χ0) is 32.8. The summed E-state index contributed by atoms with van der Waals surface area (Å²) in [5, 5.41) is 2.40. The molecule has 17 heteroatoms. The van der Waals surface area contributed by atoms with Gasteiger partial charge in [-0.1, -0.05) is 6.07 Å². The van der Waals surface area contributed by atoms with Crippen LogP contribution in [0.3, 0.4) is 0 Å². The maximum absolute atomic E-state index is 15.7. The van der Waals surface area contributed by atoms with E-state index in [2.05, 4.69) is 21.2 Å². The molecule has 1 aliphatic carbocycles. The second-order valence-corrected chi connectivity index (χ2v) is 11.4. The first-order valence-electron chi connectivity index (χ1n) is 12.1. The Hall–Kier alpha value is -3.35. The highest BCUT2D eigenvalue weighted by molar-refractivity contribution is 14.1. The van der Waals surface area contributed by atoms with Crippen molar-refractivity contribution in [2.75, 3.05) is 10.4 Å². The molecule has 0 saturated heterocycles. The van der Waals surface area contributed by atoms with Crippen molar-refractivity contribution in [2.24, 2.45) is 5.92 Å². The number of hydrogen-bond donors (Lipinski definition) is 1. The fourth-order valence-electron chi connectivity index (χ4n) is 3.81. The molecule has 4 rings (SSSR count). The Labute approximate surface area is 263 Å². The second kappa shape index (κ2) is 12.2. The van der Waals surface area contributed by atoms with Crippen molar-refractivity contribution in [2.45, 2.75) is 30.9 Å². The molecule has 0 heterocycles. The molecule has 2 amide bonds. The summed E-state index contributed by atoms with van der Waals surface area (Å²) < 4.78 is 122. The molecule has 6 nitrogen and oxygen atoms in total. The van der Waals surface area contributed by atoms with E-state index in [1.807, 2.05) is 0 Å². The van der Waals surface area contributed by atoms with Crippen molar-refractivity contribution in [3.05, 3.63) is 91.0 Å². The molecular weight excluding hydrogens is 794 g/mol. The van der Waals surface area contributed by atoms with Gasteiger partial charge in [0.2, 0.25) is 0 Å². The van der Waals surface area contributed by atoms with Crippen molar-refractivity contribution in [1.29, 1.82) is 0 Å². The predicted molar refractivity (Wildman–Crippen MR) is 148 cm³/mol. The quantitative estimate of drug-likeness (QED) is 0.154. The van der Waals surface area contributed by atoms with Gasteiger partial charge in [0.1, 0.15) is 11.5 Å². The standard InChI is InChI=1S/C27H15BrF9IN2O4/c28-17-10-14(25(31,26(32,33)34)27(35,36)37)11-18(38)21(17)39-22(41)16-2-1-3-19(20(16)30)40(44-24(43)13-4-5-13)23(42)12-6-8-15(29)9-7-12/h1-3,6-11,13H,4-5H2,(H,39,41). The second-order valence-electron chi connectivity index (χ2n) is 9.35. The van der Waals surface area contributed by atoms with E-state index < -0.39 is 83.9 Å². The summed E-state index contributed by atoms with van der Waals surface area (Å²) in [6.07, 6.45) is -11.9. The minimum Gasteiger partial charge on any atom is -0.332 e. The Balaban J connectivity index is 1.69. The first kappa shape index (κ1) is 33.5. The van der Waals surface area contributed by atoms with Gasteiger partial charge in [-0.15, -0.1) is 5.06 Å². The molecule has 0 aromatic heterocycles. The third-order valence-corrected chi connectivity index (χ3v) is 7.75. The summed E-state index contributed by atoms with van der Waals surface area (Å²) in [7, 11) is 0. The summed E-state index contributed by atoms with van der Waals surface area (Å²) in [6, 6.07) is 7.32. The topological polar surface area (TPSA) is 75.7 Å². The first-order valence-corrected chi connectivity index (χ1v) is 14.0. The van der Waals surface area contributed by atoms with Gasteiger partial charge in [0.15, 0.2) is 5.82 Å². The van der Waals surface area contributed by atoms with E-state index in [1.54, 1.807) is 0 Å². The van der Waals surface area contributed by atoms with Crippen LogP contribution in [0.25, 0.3) is 0 Å². The molecule has 0 bridgehead atoms. The summed E-state index contributed by atoms with van der Waals surface area (Å²) >= 11 is 3.98. The smallest absolute Gasteiger partial charge is 0.332 e. The van der Waals surface area contributed by atoms with Crippen molar-refractivity contribution in [3.8, 4) is 0 Å². The first-order chi connectivity index (χ1) is 20.4. The van der Waals surface area contributed by atoms with Gasteiger partial charge in [-0.05, 0) is 99.9 Å². The third-order valence-electron chi connectivity index (χ3n) is 6.27. The molecule has 234 valence electrons. The number of carbonyl (C=O) groups excluding carboxylic acids is 3. The summed E-state index contributed by atoms with van der Waals surface area (Å²) in [4.78, 5) is 43.8. The number of hydroxylamine groups is 1. The number of halogens is 11. The Morgan fingerprint density at radius 3 is 2.02 bits per heavy atom. The Morgan fingerprint density at radius 2 is 1.50 bits per heavy atom. The minimum absolute atomic E-state index is 0.173. The van der Waals surface area contributed by atoms with E-state index in [0.717, 1.165) is 42.5 Å². The normalized spacial score (nSPS) is 13.8. The van der Waals surface area contributed by atoms with Crippen molar-refractivity contribution >= 4 is 67.7 Å². The van der Waals surface area contributed by atoms with E-state index >= 15 is 4.39 Å². The molecule has 44 heavy (non-hydrogen) atoms. The predicted octanol–water partition coefficient (Wildman–Crippen LogP) is 8.39. The summed E-state index contributed by atoms with van der Waals surface area (Å²) in [5.74, 6) is -5.95. The van der Waals surface area contributed by atoms with E-state index in [-0.39, 0.29) is 22.8 Å². The molecule has 1 saturated carbocycles. The fourth-order valence-corrected chi connectivity index (χ4v) is 5.50. The highest BCUT2D eigenvalue weighted by Gasteiger charge is 2.73. The Kier molecular flexibility index (Phi) is 9.31. The summed E-state index contributed by atoms with van der Waals surface area (Å²) in [5.41, 5.74) is -9.74. The van der Waals surface area contributed by atoms with Gasteiger partial charge in [0.25, 0.3) is 11.8 Å². The molecule has 0 unspecified atom stereocenters. The fraction of sp³-hybridized carbons (Fsp3) is 0.222. The molecule has 0 aliphatic heterocycles. The summed E-state index contributed by atoms with van der Waals surface area (Å²) in [6.45, 7) is 0. The van der Waals surface area contributed by atoms with Crippen LogP contribution in [-0.2, 0) is 15.3 Å². The molecule has 0 radical (unpaired) electrons. The van der Waals surface area contributed by atoms with Crippen LogP contribution in [0.5, 0.6) is 0 Å². The Bertz CT molecular complexity index is 1590. The van der Waals surface area contributed by atoms with Gasteiger partial charge in [0.05, 0.1) is 17.2 Å². The average Bonchev–Trinajstić information content (AvgIpc) is 3.78. The van der Waals surface area contributed by atoms with Gasteiger partial charge in [-0.25, -0.2) is 18.0 Å². The number of alkyl halides is 7. The monoisotopic (exact) mass is 808 g/mol. The van der Waals surface area contributed by atoms with Crippen molar-refractivity contribution in [3.63, 3.8) is 0 Å². The van der Waals surface area contributed by atoms with E-state index in [9.17, 15) is 49.5 Å². The largest absolute Gasteiger partial charge is 0.435 e. The van der Waals surface area contributed by atoms with Crippen LogP contribution in [0.4, 0.5) is 50.9 Å². The zero-order valence-electron chi connectivity index (χ0n) is 21.4. The van der Waals surface area contributed by atoms with Gasteiger partial charge in [-0.2, -0.15) is 26.3 Å². The highest BCUT2D eigenvalue weighted by atomic mass is 127. The lowest BCUT2D eigenvalue weighted by Gasteiger charge is -2.31. The van der Waals surface area contributed by atoms with Crippen molar-refractivity contribution in [1.82, 2.24) is 0 Å². The number of hydrogen-bond acceptors (Lipinski definition) is 4. The number of anilines is 2. The Morgan fingerprint density at radius 1 is 0.909 bits per heavy atom.